The second-order valence-corrected chi connectivity index (χ2v) is 10.4. The van der Waals surface area contributed by atoms with Crippen LogP contribution in [0.25, 0.3) is 0 Å². The van der Waals surface area contributed by atoms with Gasteiger partial charge in [-0.2, -0.15) is 0 Å². The number of benzene rings is 1. The van der Waals surface area contributed by atoms with Crippen LogP contribution in [0, 0.1) is 0 Å². The highest BCUT2D eigenvalue weighted by Gasteiger charge is 2.38. The fourth-order valence-electron chi connectivity index (χ4n) is 4.74. The zero-order valence-electron chi connectivity index (χ0n) is 18.4. The molecule has 0 amide bonds. The summed E-state index contributed by atoms with van der Waals surface area (Å²) in [5.41, 5.74) is 1.26. The van der Waals surface area contributed by atoms with Crippen LogP contribution in [0.3, 0.4) is 0 Å². The Kier molecular flexibility index (Phi) is 8.13. The second-order valence-electron chi connectivity index (χ2n) is 8.46. The number of hydrogen-bond donors (Lipinski definition) is 3. The van der Waals surface area contributed by atoms with Crippen LogP contribution in [0.15, 0.2) is 34.2 Å². The molecule has 8 heteroatoms. The van der Waals surface area contributed by atoms with Crippen molar-refractivity contribution in [3.8, 4) is 0 Å². The molecule has 1 aromatic rings. The van der Waals surface area contributed by atoms with Crippen molar-refractivity contribution in [2.45, 2.75) is 68.3 Å². The van der Waals surface area contributed by atoms with E-state index in [0.29, 0.717) is 6.54 Å². The van der Waals surface area contributed by atoms with Crippen LogP contribution in [0.1, 0.15) is 56.9 Å². The lowest BCUT2D eigenvalue weighted by atomic mass is 9.79. The summed E-state index contributed by atoms with van der Waals surface area (Å²) in [6.45, 7) is 3.95. The minimum Gasteiger partial charge on any atom is -0.355 e. The molecule has 30 heavy (non-hydrogen) atoms. The van der Waals surface area contributed by atoms with Crippen LogP contribution in [0.2, 0.25) is 0 Å². The summed E-state index contributed by atoms with van der Waals surface area (Å²) >= 11 is 0. The van der Waals surface area contributed by atoms with Gasteiger partial charge >= 0.3 is 0 Å². The van der Waals surface area contributed by atoms with Crippen LogP contribution >= 0.6 is 0 Å². The van der Waals surface area contributed by atoms with E-state index in [0.717, 1.165) is 18.1 Å². The van der Waals surface area contributed by atoms with Crippen LogP contribution in [0.5, 0.6) is 0 Å². The number of likely N-dealkylation sites (tertiary alicyclic amines) is 1. The zero-order valence-corrected chi connectivity index (χ0v) is 19.2. The zero-order chi connectivity index (χ0) is 21.5. The van der Waals surface area contributed by atoms with E-state index in [1.807, 2.05) is 12.1 Å². The number of nitrogens with one attached hydrogen (secondary N) is 3. The number of aliphatic imine (C=N–C) groups is 1. The predicted octanol–water partition coefficient (Wildman–Crippen LogP) is 2.45. The van der Waals surface area contributed by atoms with Gasteiger partial charge in [0.2, 0.25) is 10.0 Å². The fourth-order valence-corrected chi connectivity index (χ4v) is 5.47. The first-order valence-corrected chi connectivity index (χ1v) is 12.7. The van der Waals surface area contributed by atoms with E-state index in [1.54, 1.807) is 19.2 Å². The molecular weight excluding hydrogens is 398 g/mol. The van der Waals surface area contributed by atoms with Crippen molar-refractivity contribution in [3.63, 3.8) is 0 Å². The Bertz CT molecular complexity index is 795. The van der Waals surface area contributed by atoms with Gasteiger partial charge in [0.1, 0.15) is 0 Å². The molecule has 0 bridgehead atoms. The molecule has 0 aromatic heterocycles. The Morgan fingerprint density at radius 3 is 2.23 bits per heavy atom. The first-order valence-electron chi connectivity index (χ1n) is 11.2. The smallest absolute Gasteiger partial charge is 0.240 e. The highest BCUT2D eigenvalue weighted by Crippen LogP contribution is 2.35. The lowest BCUT2D eigenvalue weighted by Gasteiger charge is -2.48. The molecule has 1 aliphatic heterocycles. The van der Waals surface area contributed by atoms with Gasteiger partial charge in [-0.1, -0.05) is 37.8 Å². The summed E-state index contributed by atoms with van der Waals surface area (Å²) in [4.78, 5) is 7.41. The predicted molar refractivity (Wildman–Crippen MR) is 122 cm³/mol. The minimum absolute atomic E-state index is 0.249. The van der Waals surface area contributed by atoms with Crippen LogP contribution < -0.4 is 15.4 Å². The highest BCUT2D eigenvalue weighted by molar-refractivity contribution is 7.89. The summed E-state index contributed by atoms with van der Waals surface area (Å²) < 4.78 is 26.1. The Morgan fingerprint density at radius 2 is 1.63 bits per heavy atom. The van der Waals surface area contributed by atoms with Crippen LogP contribution in [-0.4, -0.2) is 58.5 Å². The molecule has 0 radical (unpaired) electrons. The molecule has 3 N–H and O–H groups in total. The van der Waals surface area contributed by atoms with Gasteiger partial charge in [-0.15, -0.1) is 0 Å². The van der Waals surface area contributed by atoms with Gasteiger partial charge in [-0.05, 0) is 63.5 Å². The molecule has 3 rings (SSSR count). The monoisotopic (exact) mass is 435 g/mol. The van der Waals surface area contributed by atoms with E-state index in [2.05, 4.69) is 25.2 Å². The number of rotatable bonds is 7. The third kappa shape index (κ3) is 5.74. The van der Waals surface area contributed by atoms with Crippen LogP contribution in [-0.2, 0) is 16.6 Å². The van der Waals surface area contributed by atoms with Gasteiger partial charge in [0, 0.05) is 25.7 Å². The Balaban J connectivity index is 1.57. The number of piperidine rings is 1. The summed E-state index contributed by atoms with van der Waals surface area (Å²) in [7, 11) is -0.183. The number of nitrogens with zero attached hydrogens (tertiary/aromatic N) is 2. The van der Waals surface area contributed by atoms with E-state index in [-0.39, 0.29) is 10.4 Å². The van der Waals surface area contributed by atoms with Crippen LogP contribution in [0.4, 0.5) is 0 Å². The molecule has 2 aliphatic rings. The lowest BCUT2D eigenvalue weighted by molar-refractivity contribution is 0.0368. The summed E-state index contributed by atoms with van der Waals surface area (Å²) in [6.07, 6.45) is 10.5. The van der Waals surface area contributed by atoms with Crippen molar-refractivity contribution in [1.82, 2.24) is 20.3 Å². The van der Waals surface area contributed by atoms with E-state index in [4.69, 9.17) is 0 Å². The molecule has 0 atom stereocenters. The SMILES string of the molecule is CN=C(NCc1ccc(S(=O)(=O)NC)cc1)NCC1(N2CCCCC2)CCCCC1. The highest BCUT2D eigenvalue weighted by atomic mass is 32.2. The topological polar surface area (TPSA) is 85.8 Å². The molecule has 1 saturated carbocycles. The molecule has 1 aliphatic carbocycles. The number of sulfonamides is 1. The molecule has 1 saturated heterocycles. The van der Waals surface area contributed by atoms with Gasteiger partial charge < -0.3 is 10.6 Å². The maximum Gasteiger partial charge on any atom is 0.240 e. The maximum atomic E-state index is 11.9. The van der Waals surface area contributed by atoms with Crippen molar-refractivity contribution >= 4 is 16.0 Å². The van der Waals surface area contributed by atoms with Gasteiger partial charge in [0.25, 0.3) is 0 Å². The number of guanidine groups is 1. The van der Waals surface area contributed by atoms with Gasteiger partial charge in [-0.25, -0.2) is 13.1 Å². The van der Waals surface area contributed by atoms with E-state index >= 15 is 0 Å². The Morgan fingerprint density at radius 1 is 1.00 bits per heavy atom. The van der Waals surface area contributed by atoms with E-state index in [1.165, 1.54) is 71.5 Å². The average Bonchev–Trinajstić information content (AvgIpc) is 2.80. The third-order valence-corrected chi connectivity index (χ3v) is 8.01. The summed E-state index contributed by atoms with van der Waals surface area (Å²) in [5, 5.41) is 6.96. The van der Waals surface area contributed by atoms with Crippen molar-refractivity contribution in [1.29, 1.82) is 0 Å². The molecule has 2 fully saturated rings. The molecule has 7 nitrogen and oxygen atoms in total. The minimum atomic E-state index is -3.40. The molecule has 0 spiro atoms. The quantitative estimate of drug-likeness (QED) is 0.452. The maximum absolute atomic E-state index is 11.9. The normalized spacial score (nSPS) is 20.7. The largest absolute Gasteiger partial charge is 0.355 e. The molecular formula is C22H37N5O2S. The van der Waals surface area contributed by atoms with Gasteiger partial charge in [0.05, 0.1) is 4.90 Å². The molecule has 0 unspecified atom stereocenters. The molecule has 1 heterocycles. The molecule has 168 valence electrons. The van der Waals surface area contributed by atoms with Crippen molar-refractivity contribution < 1.29 is 8.42 Å². The van der Waals surface area contributed by atoms with E-state index in [9.17, 15) is 8.42 Å². The Hall–Kier alpha value is -1.64. The second kappa shape index (κ2) is 10.6. The summed E-state index contributed by atoms with van der Waals surface area (Å²) in [5.74, 6) is 0.795. The first kappa shape index (κ1) is 23.0. The summed E-state index contributed by atoms with van der Waals surface area (Å²) in [6, 6.07) is 6.93. The standard InChI is InChI=1S/C22H37N5O2S/c1-23-21(25-17-19-9-11-20(12-10-19)30(28,29)24-2)26-18-22(13-5-3-6-14-22)27-15-7-4-8-16-27/h9-12,24H,3-8,13-18H2,1-2H3,(H2,23,25,26). The van der Waals surface area contributed by atoms with Crippen molar-refractivity contribution in [3.05, 3.63) is 29.8 Å². The van der Waals surface area contributed by atoms with Gasteiger partial charge in [0.15, 0.2) is 5.96 Å². The third-order valence-electron chi connectivity index (χ3n) is 6.58. The molecule has 1 aromatic carbocycles. The average molecular weight is 436 g/mol. The fraction of sp³-hybridized carbons (Fsp3) is 0.682. The lowest BCUT2D eigenvalue weighted by Crippen LogP contribution is -2.59. The number of hydrogen-bond acceptors (Lipinski definition) is 4. The first-order chi connectivity index (χ1) is 14.5. The van der Waals surface area contributed by atoms with Gasteiger partial charge in [-0.3, -0.25) is 9.89 Å². The van der Waals surface area contributed by atoms with E-state index < -0.39 is 10.0 Å². The Labute approximate surface area is 181 Å². The van der Waals surface area contributed by atoms with Crippen molar-refractivity contribution in [2.75, 3.05) is 33.7 Å². The van der Waals surface area contributed by atoms with Crippen molar-refractivity contribution in [2.24, 2.45) is 4.99 Å².